The second-order valence-corrected chi connectivity index (χ2v) is 3.94. The molecule has 2 aromatic heterocycles. The number of aryl methyl sites for hydroxylation is 1. The SMILES string of the molecule is CCCc1cn2ccnc2c(SC)n1. The normalized spacial score (nSPS) is 11.0. The van der Waals surface area contributed by atoms with E-state index in [1.54, 1.807) is 11.8 Å². The number of rotatable bonds is 3. The molecule has 0 N–H and O–H groups in total. The number of hydrogen-bond acceptors (Lipinski definition) is 3. The third kappa shape index (κ3) is 1.62. The Labute approximate surface area is 87.6 Å². The fourth-order valence-corrected chi connectivity index (χ4v) is 2.02. The Morgan fingerprint density at radius 2 is 2.36 bits per heavy atom. The van der Waals surface area contributed by atoms with Crippen LogP contribution in [0.5, 0.6) is 0 Å². The Morgan fingerprint density at radius 1 is 1.50 bits per heavy atom. The van der Waals surface area contributed by atoms with Gasteiger partial charge in [0.2, 0.25) is 0 Å². The second kappa shape index (κ2) is 4.00. The molecule has 0 aliphatic rings. The molecule has 3 nitrogen and oxygen atoms in total. The van der Waals surface area contributed by atoms with Gasteiger partial charge in [0.05, 0.1) is 5.69 Å². The molecule has 0 bridgehead atoms. The maximum absolute atomic E-state index is 4.56. The molecule has 0 saturated carbocycles. The fourth-order valence-electron chi connectivity index (χ4n) is 1.47. The molecule has 0 fully saturated rings. The van der Waals surface area contributed by atoms with E-state index in [0.717, 1.165) is 29.2 Å². The molecule has 0 amide bonds. The van der Waals surface area contributed by atoms with E-state index in [2.05, 4.69) is 23.1 Å². The van der Waals surface area contributed by atoms with Crippen LogP contribution < -0.4 is 0 Å². The first-order valence-corrected chi connectivity index (χ1v) is 5.94. The van der Waals surface area contributed by atoms with Gasteiger partial charge in [0.25, 0.3) is 0 Å². The summed E-state index contributed by atoms with van der Waals surface area (Å²) in [7, 11) is 0. The summed E-state index contributed by atoms with van der Waals surface area (Å²) in [6.45, 7) is 2.17. The molecule has 0 aliphatic heterocycles. The molecule has 2 heterocycles. The highest BCUT2D eigenvalue weighted by molar-refractivity contribution is 7.98. The highest BCUT2D eigenvalue weighted by atomic mass is 32.2. The van der Waals surface area contributed by atoms with E-state index in [4.69, 9.17) is 0 Å². The molecule has 14 heavy (non-hydrogen) atoms. The van der Waals surface area contributed by atoms with Crippen molar-refractivity contribution >= 4 is 17.4 Å². The predicted octanol–water partition coefficient (Wildman–Crippen LogP) is 2.40. The largest absolute Gasteiger partial charge is 0.303 e. The van der Waals surface area contributed by atoms with E-state index in [9.17, 15) is 0 Å². The zero-order valence-corrected chi connectivity index (χ0v) is 9.21. The molecule has 0 aliphatic carbocycles. The van der Waals surface area contributed by atoms with Gasteiger partial charge < -0.3 is 4.40 Å². The van der Waals surface area contributed by atoms with Gasteiger partial charge in [-0.15, -0.1) is 11.8 Å². The van der Waals surface area contributed by atoms with Crippen molar-refractivity contribution in [3.63, 3.8) is 0 Å². The Kier molecular flexibility index (Phi) is 2.72. The monoisotopic (exact) mass is 207 g/mol. The molecule has 0 spiro atoms. The van der Waals surface area contributed by atoms with Crippen molar-refractivity contribution < 1.29 is 0 Å². The minimum atomic E-state index is 0.956. The third-order valence-electron chi connectivity index (χ3n) is 2.09. The first kappa shape index (κ1) is 9.52. The predicted molar refractivity (Wildman–Crippen MR) is 58.8 cm³/mol. The minimum absolute atomic E-state index is 0.956. The van der Waals surface area contributed by atoms with Crippen LogP contribution in [0.1, 0.15) is 19.0 Å². The van der Waals surface area contributed by atoms with Crippen LogP contribution in [0.2, 0.25) is 0 Å². The Hall–Kier alpha value is -1.03. The van der Waals surface area contributed by atoms with E-state index in [1.807, 2.05) is 23.1 Å². The number of fused-ring (bicyclic) bond motifs is 1. The smallest absolute Gasteiger partial charge is 0.169 e. The van der Waals surface area contributed by atoms with E-state index in [-0.39, 0.29) is 0 Å². The average Bonchev–Trinajstić information content (AvgIpc) is 2.65. The van der Waals surface area contributed by atoms with Crippen LogP contribution in [0.25, 0.3) is 5.65 Å². The van der Waals surface area contributed by atoms with Gasteiger partial charge in [-0.2, -0.15) is 0 Å². The van der Waals surface area contributed by atoms with Crippen molar-refractivity contribution in [1.29, 1.82) is 0 Å². The highest BCUT2D eigenvalue weighted by Gasteiger charge is 2.05. The van der Waals surface area contributed by atoms with Crippen molar-refractivity contribution in [2.24, 2.45) is 0 Å². The van der Waals surface area contributed by atoms with Crippen molar-refractivity contribution in [1.82, 2.24) is 14.4 Å². The molecule has 4 heteroatoms. The maximum atomic E-state index is 4.56. The van der Waals surface area contributed by atoms with Crippen LogP contribution in [0.4, 0.5) is 0 Å². The van der Waals surface area contributed by atoms with Crippen molar-refractivity contribution in [2.45, 2.75) is 24.8 Å². The minimum Gasteiger partial charge on any atom is -0.303 e. The Morgan fingerprint density at radius 3 is 3.07 bits per heavy atom. The standard InChI is InChI=1S/C10H13N3S/c1-3-4-8-7-13-6-5-11-9(13)10(12-8)14-2/h5-7H,3-4H2,1-2H3. The van der Waals surface area contributed by atoms with Crippen LogP contribution in [0, 0.1) is 0 Å². The lowest BCUT2D eigenvalue weighted by atomic mass is 10.3. The van der Waals surface area contributed by atoms with Gasteiger partial charge >= 0.3 is 0 Å². The van der Waals surface area contributed by atoms with E-state index >= 15 is 0 Å². The molecule has 2 rings (SSSR count). The number of aromatic nitrogens is 3. The van der Waals surface area contributed by atoms with Crippen LogP contribution in [0.15, 0.2) is 23.6 Å². The van der Waals surface area contributed by atoms with Crippen LogP contribution in [-0.4, -0.2) is 20.6 Å². The van der Waals surface area contributed by atoms with Crippen molar-refractivity contribution in [2.75, 3.05) is 6.26 Å². The number of nitrogens with zero attached hydrogens (tertiary/aromatic N) is 3. The number of thioether (sulfide) groups is 1. The molecule has 2 aromatic rings. The lowest BCUT2D eigenvalue weighted by molar-refractivity contribution is 0.840. The molecular formula is C10H13N3S. The van der Waals surface area contributed by atoms with Crippen molar-refractivity contribution in [3.8, 4) is 0 Å². The Balaban J connectivity index is 2.55. The first-order chi connectivity index (χ1) is 6.85. The summed E-state index contributed by atoms with van der Waals surface area (Å²) < 4.78 is 2.05. The molecule has 0 atom stereocenters. The van der Waals surface area contributed by atoms with Gasteiger partial charge in [-0.25, -0.2) is 9.97 Å². The number of imidazole rings is 1. The second-order valence-electron chi connectivity index (χ2n) is 3.15. The molecular weight excluding hydrogens is 194 g/mol. The number of hydrogen-bond donors (Lipinski definition) is 0. The van der Waals surface area contributed by atoms with Gasteiger partial charge in [-0.3, -0.25) is 0 Å². The van der Waals surface area contributed by atoms with Gasteiger partial charge in [0, 0.05) is 18.6 Å². The fraction of sp³-hybridized carbons (Fsp3) is 0.400. The quantitative estimate of drug-likeness (QED) is 0.724. The van der Waals surface area contributed by atoms with E-state index in [1.165, 1.54) is 0 Å². The summed E-state index contributed by atoms with van der Waals surface area (Å²) in [4.78, 5) is 8.83. The first-order valence-electron chi connectivity index (χ1n) is 4.71. The lowest BCUT2D eigenvalue weighted by Crippen LogP contribution is -1.97. The topological polar surface area (TPSA) is 30.2 Å². The summed E-state index contributed by atoms with van der Waals surface area (Å²) in [5, 5.41) is 1.01. The maximum Gasteiger partial charge on any atom is 0.169 e. The van der Waals surface area contributed by atoms with E-state index < -0.39 is 0 Å². The van der Waals surface area contributed by atoms with Crippen LogP contribution >= 0.6 is 11.8 Å². The average molecular weight is 207 g/mol. The van der Waals surface area contributed by atoms with Gasteiger partial charge in [0.1, 0.15) is 5.03 Å². The van der Waals surface area contributed by atoms with Crippen molar-refractivity contribution in [3.05, 3.63) is 24.3 Å². The van der Waals surface area contributed by atoms with E-state index in [0.29, 0.717) is 0 Å². The summed E-state index contributed by atoms with van der Waals surface area (Å²) in [6.07, 6.45) is 10.0. The summed E-state index contributed by atoms with van der Waals surface area (Å²) >= 11 is 1.65. The van der Waals surface area contributed by atoms with Gasteiger partial charge in [-0.1, -0.05) is 13.3 Å². The summed E-state index contributed by atoms with van der Waals surface area (Å²) in [6, 6.07) is 0. The molecule has 0 radical (unpaired) electrons. The molecule has 0 unspecified atom stereocenters. The zero-order valence-electron chi connectivity index (χ0n) is 8.40. The van der Waals surface area contributed by atoms with Crippen LogP contribution in [0.3, 0.4) is 0 Å². The summed E-state index contributed by atoms with van der Waals surface area (Å²) in [5.41, 5.74) is 2.10. The highest BCUT2D eigenvalue weighted by Crippen LogP contribution is 2.18. The summed E-state index contributed by atoms with van der Waals surface area (Å²) in [5.74, 6) is 0. The van der Waals surface area contributed by atoms with Gasteiger partial charge in [-0.05, 0) is 12.7 Å². The van der Waals surface area contributed by atoms with Crippen LogP contribution in [-0.2, 0) is 6.42 Å². The lowest BCUT2D eigenvalue weighted by Gasteiger charge is -2.03. The Bertz CT molecular complexity index is 436. The van der Waals surface area contributed by atoms with Gasteiger partial charge in [0.15, 0.2) is 5.65 Å². The zero-order chi connectivity index (χ0) is 9.97. The molecule has 0 saturated heterocycles. The molecule has 0 aromatic carbocycles. The molecule has 74 valence electrons. The third-order valence-corrected chi connectivity index (χ3v) is 2.75.